The highest BCUT2D eigenvalue weighted by molar-refractivity contribution is 6.00. The third-order valence-corrected chi connectivity index (χ3v) is 3.71. The lowest BCUT2D eigenvalue weighted by Gasteiger charge is -2.33. The largest absolute Gasteiger partial charge is 0.478 e. The summed E-state index contributed by atoms with van der Waals surface area (Å²) in [4.78, 5) is 25.3. The lowest BCUT2D eigenvalue weighted by Crippen LogP contribution is -2.44. The monoisotopic (exact) mass is 276 g/mol. The summed E-state index contributed by atoms with van der Waals surface area (Å²) in [6, 6.07) is 4.98. The SMILES string of the molecule is Cc1ccc(NC(=O)N2CCCCC2C)c(C(=O)O)c1. The van der Waals surface area contributed by atoms with Crippen LogP contribution in [0, 0.1) is 6.92 Å². The van der Waals surface area contributed by atoms with E-state index in [1.54, 1.807) is 23.1 Å². The van der Waals surface area contributed by atoms with Crippen molar-refractivity contribution in [2.75, 3.05) is 11.9 Å². The molecule has 0 aromatic heterocycles. The van der Waals surface area contributed by atoms with E-state index in [0.717, 1.165) is 31.4 Å². The predicted molar refractivity (Wildman–Crippen MR) is 77.2 cm³/mol. The van der Waals surface area contributed by atoms with Crippen molar-refractivity contribution in [1.82, 2.24) is 4.90 Å². The Morgan fingerprint density at radius 2 is 2.10 bits per heavy atom. The summed E-state index contributed by atoms with van der Waals surface area (Å²) < 4.78 is 0. The van der Waals surface area contributed by atoms with Crippen molar-refractivity contribution < 1.29 is 14.7 Å². The zero-order valence-electron chi connectivity index (χ0n) is 11.8. The lowest BCUT2D eigenvalue weighted by atomic mass is 10.0. The Morgan fingerprint density at radius 1 is 1.35 bits per heavy atom. The highest BCUT2D eigenvalue weighted by Crippen LogP contribution is 2.21. The molecule has 1 aromatic carbocycles. The quantitative estimate of drug-likeness (QED) is 0.872. The summed E-state index contributed by atoms with van der Waals surface area (Å²) >= 11 is 0. The van der Waals surface area contributed by atoms with E-state index in [-0.39, 0.29) is 17.6 Å². The molecule has 0 bridgehead atoms. The minimum Gasteiger partial charge on any atom is -0.478 e. The average Bonchev–Trinajstić information content (AvgIpc) is 2.41. The maximum atomic E-state index is 12.3. The van der Waals surface area contributed by atoms with Crippen molar-refractivity contribution in [3.63, 3.8) is 0 Å². The van der Waals surface area contributed by atoms with E-state index in [0.29, 0.717) is 5.69 Å². The van der Waals surface area contributed by atoms with Gasteiger partial charge in [0.2, 0.25) is 0 Å². The first-order valence-corrected chi connectivity index (χ1v) is 6.90. The number of carboxylic acid groups (broad SMARTS) is 1. The maximum absolute atomic E-state index is 12.3. The molecular formula is C15H20N2O3. The molecule has 1 aliphatic heterocycles. The number of urea groups is 1. The van der Waals surface area contributed by atoms with Crippen LogP contribution in [0.1, 0.15) is 42.1 Å². The van der Waals surface area contributed by atoms with Gasteiger partial charge in [0.15, 0.2) is 0 Å². The van der Waals surface area contributed by atoms with Crippen LogP contribution in [0.3, 0.4) is 0 Å². The van der Waals surface area contributed by atoms with Crippen molar-refractivity contribution in [2.24, 2.45) is 0 Å². The van der Waals surface area contributed by atoms with Gasteiger partial charge in [0.1, 0.15) is 0 Å². The molecule has 2 amide bonds. The topological polar surface area (TPSA) is 69.6 Å². The number of carbonyl (C=O) groups excluding carboxylic acids is 1. The Labute approximate surface area is 118 Å². The molecule has 0 saturated carbocycles. The number of nitrogens with zero attached hydrogens (tertiary/aromatic N) is 1. The highest BCUT2D eigenvalue weighted by atomic mass is 16.4. The lowest BCUT2D eigenvalue weighted by molar-refractivity contribution is 0.0698. The van der Waals surface area contributed by atoms with E-state index in [1.807, 2.05) is 13.8 Å². The molecule has 0 aliphatic carbocycles. The van der Waals surface area contributed by atoms with Gasteiger partial charge in [-0.15, -0.1) is 0 Å². The number of amides is 2. The summed E-state index contributed by atoms with van der Waals surface area (Å²) in [5, 5.41) is 11.9. The fraction of sp³-hybridized carbons (Fsp3) is 0.467. The Kier molecular flexibility index (Phi) is 4.27. The Morgan fingerprint density at radius 3 is 2.75 bits per heavy atom. The second-order valence-corrected chi connectivity index (χ2v) is 5.32. The van der Waals surface area contributed by atoms with Crippen LogP contribution in [0.5, 0.6) is 0 Å². The molecule has 2 rings (SSSR count). The van der Waals surface area contributed by atoms with Gasteiger partial charge in [-0.25, -0.2) is 9.59 Å². The molecule has 1 atom stereocenters. The van der Waals surface area contributed by atoms with Gasteiger partial charge in [0.05, 0.1) is 11.3 Å². The first kappa shape index (κ1) is 14.4. The summed E-state index contributed by atoms with van der Waals surface area (Å²) in [5.41, 5.74) is 1.33. The number of aromatic carboxylic acids is 1. The smallest absolute Gasteiger partial charge is 0.337 e. The van der Waals surface area contributed by atoms with E-state index < -0.39 is 5.97 Å². The number of piperidine rings is 1. The van der Waals surface area contributed by atoms with Crippen molar-refractivity contribution >= 4 is 17.7 Å². The van der Waals surface area contributed by atoms with Crippen LogP contribution in [0.25, 0.3) is 0 Å². The van der Waals surface area contributed by atoms with Crippen LogP contribution in [0.15, 0.2) is 18.2 Å². The van der Waals surface area contributed by atoms with E-state index in [4.69, 9.17) is 0 Å². The van der Waals surface area contributed by atoms with Crippen LogP contribution in [0.2, 0.25) is 0 Å². The summed E-state index contributed by atoms with van der Waals surface area (Å²) in [6.07, 6.45) is 3.13. The van der Waals surface area contributed by atoms with E-state index in [9.17, 15) is 14.7 Å². The minimum atomic E-state index is -1.03. The van der Waals surface area contributed by atoms with Gasteiger partial charge >= 0.3 is 12.0 Å². The summed E-state index contributed by atoms with van der Waals surface area (Å²) in [5.74, 6) is -1.03. The molecule has 1 fully saturated rings. The zero-order chi connectivity index (χ0) is 14.7. The number of hydrogen-bond donors (Lipinski definition) is 2. The number of aryl methyl sites for hydroxylation is 1. The van der Waals surface area contributed by atoms with Crippen molar-refractivity contribution in [3.05, 3.63) is 29.3 Å². The first-order valence-electron chi connectivity index (χ1n) is 6.90. The summed E-state index contributed by atoms with van der Waals surface area (Å²) in [7, 11) is 0. The normalized spacial score (nSPS) is 18.7. The molecule has 1 saturated heterocycles. The van der Waals surface area contributed by atoms with E-state index in [2.05, 4.69) is 5.32 Å². The second kappa shape index (κ2) is 5.94. The Balaban J connectivity index is 2.17. The molecule has 5 heteroatoms. The van der Waals surface area contributed by atoms with E-state index in [1.165, 1.54) is 0 Å². The number of carboxylic acids is 1. The van der Waals surface area contributed by atoms with Crippen molar-refractivity contribution in [1.29, 1.82) is 0 Å². The van der Waals surface area contributed by atoms with Gasteiger partial charge in [-0.1, -0.05) is 11.6 Å². The molecule has 0 spiro atoms. The van der Waals surface area contributed by atoms with Crippen LogP contribution < -0.4 is 5.32 Å². The van der Waals surface area contributed by atoms with Gasteiger partial charge in [-0.3, -0.25) is 0 Å². The van der Waals surface area contributed by atoms with Crippen LogP contribution in [-0.2, 0) is 0 Å². The fourth-order valence-corrected chi connectivity index (χ4v) is 2.53. The minimum absolute atomic E-state index is 0.128. The molecule has 1 aliphatic rings. The van der Waals surface area contributed by atoms with Gasteiger partial charge in [0, 0.05) is 12.6 Å². The Hall–Kier alpha value is -2.04. The number of carbonyl (C=O) groups is 2. The van der Waals surface area contributed by atoms with E-state index >= 15 is 0 Å². The molecule has 108 valence electrons. The highest BCUT2D eigenvalue weighted by Gasteiger charge is 2.24. The molecule has 20 heavy (non-hydrogen) atoms. The standard InChI is InChI=1S/C15H20N2O3/c1-10-6-7-13(12(9-10)14(18)19)16-15(20)17-8-4-3-5-11(17)2/h6-7,9,11H,3-5,8H2,1-2H3,(H,16,20)(H,18,19). The van der Waals surface area contributed by atoms with Gasteiger partial charge in [-0.05, 0) is 45.2 Å². The molecule has 0 radical (unpaired) electrons. The third-order valence-electron chi connectivity index (χ3n) is 3.71. The zero-order valence-corrected chi connectivity index (χ0v) is 11.8. The fourth-order valence-electron chi connectivity index (χ4n) is 2.53. The number of nitrogens with one attached hydrogen (secondary N) is 1. The number of benzene rings is 1. The third kappa shape index (κ3) is 3.10. The van der Waals surface area contributed by atoms with Crippen LogP contribution in [0.4, 0.5) is 10.5 Å². The van der Waals surface area contributed by atoms with Crippen molar-refractivity contribution in [3.8, 4) is 0 Å². The Bertz CT molecular complexity index is 528. The van der Waals surface area contributed by atoms with Gasteiger partial charge < -0.3 is 15.3 Å². The molecule has 5 nitrogen and oxygen atoms in total. The maximum Gasteiger partial charge on any atom is 0.337 e. The molecule has 1 unspecified atom stereocenters. The van der Waals surface area contributed by atoms with Crippen LogP contribution in [-0.4, -0.2) is 34.6 Å². The molecule has 2 N–H and O–H groups in total. The van der Waals surface area contributed by atoms with Crippen LogP contribution >= 0.6 is 0 Å². The van der Waals surface area contributed by atoms with Gasteiger partial charge in [0.25, 0.3) is 0 Å². The predicted octanol–water partition coefficient (Wildman–Crippen LogP) is 3.10. The van der Waals surface area contributed by atoms with Crippen molar-refractivity contribution in [2.45, 2.75) is 39.2 Å². The number of rotatable bonds is 2. The van der Waals surface area contributed by atoms with Gasteiger partial charge in [-0.2, -0.15) is 0 Å². The summed E-state index contributed by atoms with van der Waals surface area (Å²) in [6.45, 7) is 4.57. The number of hydrogen-bond acceptors (Lipinski definition) is 2. The molecule has 1 heterocycles. The molecular weight excluding hydrogens is 256 g/mol. The second-order valence-electron chi connectivity index (χ2n) is 5.32. The number of likely N-dealkylation sites (tertiary alicyclic amines) is 1. The average molecular weight is 276 g/mol. The molecule has 1 aromatic rings. The first-order chi connectivity index (χ1) is 9.49. The number of anilines is 1.